The summed E-state index contributed by atoms with van der Waals surface area (Å²) in [5, 5.41) is 5.50. The van der Waals surface area contributed by atoms with Gasteiger partial charge < -0.3 is 10.1 Å². The van der Waals surface area contributed by atoms with E-state index < -0.39 is 0 Å². The number of nitrogens with one attached hydrogen (secondary N) is 1. The molecule has 0 bridgehead atoms. The molecular weight excluding hydrogens is 258 g/mol. The first-order chi connectivity index (χ1) is 9.11. The number of methoxy groups -OCH3 is 1. The maximum atomic E-state index is 11.5. The molecule has 3 nitrogen and oxygen atoms in total. The Morgan fingerprint density at radius 1 is 1.37 bits per heavy atom. The first kappa shape index (κ1) is 13.6. The molecule has 2 aromatic rings. The molecule has 4 heteroatoms. The fourth-order valence-corrected chi connectivity index (χ4v) is 2.60. The van der Waals surface area contributed by atoms with Gasteiger partial charge in [-0.05, 0) is 43.0 Å². The van der Waals surface area contributed by atoms with Crippen LogP contribution >= 0.6 is 11.3 Å². The van der Waals surface area contributed by atoms with Crippen molar-refractivity contribution in [2.24, 2.45) is 0 Å². The van der Waals surface area contributed by atoms with E-state index in [0.717, 1.165) is 11.3 Å². The number of hydrogen-bond donors (Lipinski definition) is 1. The maximum Gasteiger partial charge on any atom is 0.337 e. The molecule has 1 unspecified atom stereocenters. The Morgan fingerprint density at radius 3 is 2.79 bits per heavy atom. The molecule has 0 radical (unpaired) electrons. The quantitative estimate of drug-likeness (QED) is 0.857. The average Bonchev–Trinajstić information content (AvgIpc) is 2.94. The zero-order chi connectivity index (χ0) is 13.8. The van der Waals surface area contributed by atoms with Gasteiger partial charge in [0, 0.05) is 10.6 Å². The molecular formula is C15H17NO2S. The summed E-state index contributed by atoms with van der Waals surface area (Å²) in [7, 11) is 1.39. The number of carbonyl (C=O) groups excluding carboxylic acids is 1. The van der Waals surface area contributed by atoms with E-state index in [4.69, 9.17) is 4.74 Å². The highest BCUT2D eigenvalue weighted by Crippen LogP contribution is 2.26. The van der Waals surface area contributed by atoms with Crippen molar-refractivity contribution >= 4 is 23.0 Å². The molecule has 0 saturated heterocycles. The van der Waals surface area contributed by atoms with Crippen molar-refractivity contribution in [2.45, 2.75) is 19.9 Å². The number of benzene rings is 1. The highest BCUT2D eigenvalue weighted by molar-refractivity contribution is 7.10. The monoisotopic (exact) mass is 275 g/mol. The van der Waals surface area contributed by atoms with Gasteiger partial charge in [0.05, 0.1) is 18.7 Å². The summed E-state index contributed by atoms with van der Waals surface area (Å²) in [6.07, 6.45) is 0. The van der Waals surface area contributed by atoms with Gasteiger partial charge in [0.2, 0.25) is 0 Å². The Labute approximate surface area is 117 Å². The van der Waals surface area contributed by atoms with Crippen LogP contribution in [-0.4, -0.2) is 13.1 Å². The van der Waals surface area contributed by atoms with Gasteiger partial charge in [-0.3, -0.25) is 0 Å². The Balaban J connectivity index is 2.22. The second kappa shape index (κ2) is 5.89. The first-order valence-electron chi connectivity index (χ1n) is 6.10. The summed E-state index contributed by atoms with van der Waals surface area (Å²) in [4.78, 5) is 12.8. The van der Waals surface area contributed by atoms with Crippen molar-refractivity contribution in [2.75, 3.05) is 12.4 Å². The fourth-order valence-electron chi connectivity index (χ4n) is 1.86. The number of anilines is 1. The van der Waals surface area contributed by atoms with Crippen LogP contribution in [0, 0.1) is 6.92 Å². The van der Waals surface area contributed by atoms with Gasteiger partial charge in [-0.15, -0.1) is 11.3 Å². The van der Waals surface area contributed by atoms with Crippen molar-refractivity contribution in [3.05, 3.63) is 51.7 Å². The van der Waals surface area contributed by atoms with Crippen LogP contribution in [0.3, 0.4) is 0 Å². The predicted octanol–water partition coefficient (Wildman–Crippen LogP) is 4.02. The van der Waals surface area contributed by atoms with Crippen molar-refractivity contribution < 1.29 is 9.53 Å². The van der Waals surface area contributed by atoms with Crippen LogP contribution in [0.1, 0.15) is 33.8 Å². The molecule has 1 heterocycles. The lowest BCUT2D eigenvalue weighted by molar-refractivity contribution is 0.0601. The summed E-state index contributed by atoms with van der Waals surface area (Å²) in [6.45, 7) is 4.13. The zero-order valence-electron chi connectivity index (χ0n) is 11.3. The minimum Gasteiger partial charge on any atom is -0.465 e. The van der Waals surface area contributed by atoms with Crippen molar-refractivity contribution in [3.8, 4) is 0 Å². The molecule has 0 amide bonds. The number of thiophene rings is 1. The lowest BCUT2D eigenvalue weighted by atomic mass is 10.1. The number of ether oxygens (including phenoxy) is 1. The number of aryl methyl sites for hydroxylation is 1. The molecule has 0 saturated carbocycles. The van der Waals surface area contributed by atoms with Crippen LogP contribution in [0.15, 0.2) is 35.7 Å². The number of rotatable bonds is 4. The largest absolute Gasteiger partial charge is 0.465 e. The van der Waals surface area contributed by atoms with E-state index in [1.54, 1.807) is 17.4 Å². The van der Waals surface area contributed by atoms with E-state index in [1.807, 2.05) is 25.1 Å². The Hall–Kier alpha value is -1.81. The molecule has 100 valence electrons. The molecule has 1 aromatic heterocycles. The Morgan fingerprint density at radius 2 is 2.16 bits per heavy atom. The highest BCUT2D eigenvalue weighted by Gasteiger charge is 2.11. The van der Waals surface area contributed by atoms with Crippen LogP contribution in [0.4, 0.5) is 5.69 Å². The molecule has 1 N–H and O–H groups in total. The molecule has 0 fully saturated rings. The Kier molecular flexibility index (Phi) is 4.22. The minimum atomic E-state index is -0.313. The first-order valence-corrected chi connectivity index (χ1v) is 6.98. The van der Waals surface area contributed by atoms with E-state index in [-0.39, 0.29) is 12.0 Å². The van der Waals surface area contributed by atoms with Gasteiger partial charge in [-0.1, -0.05) is 12.1 Å². The molecule has 0 spiro atoms. The van der Waals surface area contributed by atoms with Crippen molar-refractivity contribution in [1.29, 1.82) is 0 Å². The van der Waals surface area contributed by atoms with Crippen molar-refractivity contribution in [1.82, 2.24) is 0 Å². The van der Waals surface area contributed by atoms with Gasteiger partial charge in [0.1, 0.15) is 0 Å². The van der Waals surface area contributed by atoms with E-state index in [0.29, 0.717) is 5.56 Å². The Bertz CT molecular complexity index is 564. The van der Waals surface area contributed by atoms with E-state index in [2.05, 4.69) is 23.7 Å². The van der Waals surface area contributed by atoms with Crippen molar-refractivity contribution in [3.63, 3.8) is 0 Å². The minimum absolute atomic E-state index is 0.214. The summed E-state index contributed by atoms with van der Waals surface area (Å²) in [6, 6.07) is 9.90. The van der Waals surface area contributed by atoms with Crippen LogP contribution in [0.25, 0.3) is 0 Å². The molecule has 1 atom stereocenters. The number of esters is 1. The summed E-state index contributed by atoms with van der Waals surface area (Å²) in [5.74, 6) is -0.313. The highest BCUT2D eigenvalue weighted by atomic mass is 32.1. The fraction of sp³-hybridized carbons (Fsp3) is 0.267. The topological polar surface area (TPSA) is 38.3 Å². The zero-order valence-corrected chi connectivity index (χ0v) is 12.1. The third kappa shape index (κ3) is 3.15. The molecule has 19 heavy (non-hydrogen) atoms. The summed E-state index contributed by atoms with van der Waals surface area (Å²) >= 11 is 1.72. The van der Waals surface area contributed by atoms with Gasteiger partial charge in [-0.25, -0.2) is 4.79 Å². The van der Waals surface area contributed by atoms with Gasteiger partial charge in [0.25, 0.3) is 0 Å². The van der Waals surface area contributed by atoms with Gasteiger partial charge in [-0.2, -0.15) is 0 Å². The van der Waals surface area contributed by atoms with Crippen LogP contribution in [0.2, 0.25) is 0 Å². The maximum absolute atomic E-state index is 11.5. The third-order valence-electron chi connectivity index (χ3n) is 3.00. The molecule has 0 aliphatic heterocycles. The predicted molar refractivity (Wildman–Crippen MR) is 78.9 cm³/mol. The van der Waals surface area contributed by atoms with E-state index in [1.165, 1.54) is 12.0 Å². The molecule has 2 rings (SSSR count). The lowest BCUT2D eigenvalue weighted by Gasteiger charge is -2.16. The van der Waals surface area contributed by atoms with Crippen LogP contribution < -0.4 is 5.32 Å². The van der Waals surface area contributed by atoms with E-state index >= 15 is 0 Å². The van der Waals surface area contributed by atoms with Gasteiger partial charge >= 0.3 is 5.97 Å². The second-order valence-electron chi connectivity index (χ2n) is 4.40. The molecule has 1 aromatic carbocycles. The number of carbonyl (C=O) groups is 1. The van der Waals surface area contributed by atoms with Crippen LogP contribution in [-0.2, 0) is 4.74 Å². The lowest BCUT2D eigenvalue weighted by Crippen LogP contribution is -2.08. The second-order valence-corrected chi connectivity index (χ2v) is 5.38. The SMILES string of the molecule is COC(=O)c1ccc(C)c(NC(C)c2cccs2)c1. The number of hydrogen-bond acceptors (Lipinski definition) is 4. The standard InChI is InChI=1S/C15H17NO2S/c1-10-6-7-12(15(17)18-3)9-13(10)16-11(2)14-5-4-8-19-14/h4-9,11,16H,1-3H3. The van der Waals surface area contributed by atoms with Gasteiger partial charge in [0.15, 0.2) is 0 Å². The average molecular weight is 275 g/mol. The summed E-state index contributed by atoms with van der Waals surface area (Å²) in [5.41, 5.74) is 2.63. The van der Waals surface area contributed by atoms with E-state index in [9.17, 15) is 4.79 Å². The summed E-state index contributed by atoms with van der Waals surface area (Å²) < 4.78 is 4.74. The normalized spacial score (nSPS) is 11.9. The smallest absolute Gasteiger partial charge is 0.337 e. The third-order valence-corrected chi connectivity index (χ3v) is 4.06. The molecule has 0 aliphatic carbocycles. The molecule has 0 aliphatic rings. The van der Waals surface area contributed by atoms with Crippen LogP contribution in [0.5, 0.6) is 0 Å².